The van der Waals surface area contributed by atoms with Gasteiger partial charge in [-0.25, -0.2) is 15.0 Å². The molecule has 0 aromatic carbocycles. The zero-order valence-corrected chi connectivity index (χ0v) is 18.0. The second-order valence-corrected chi connectivity index (χ2v) is 8.41. The molecule has 4 heterocycles. The number of aliphatic hydroxyl groups excluding tert-OH is 3. The Kier molecular flexibility index (Phi) is 5.70. The van der Waals surface area contributed by atoms with Crippen LogP contribution in [0.4, 0.5) is 11.5 Å². The highest BCUT2D eigenvalue weighted by atomic mass is 16.6. The Morgan fingerprint density at radius 1 is 1.30 bits per heavy atom. The van der Waals surface area contributed by atoms with Crippen molar-refractivity contribution >= 4 is 29.1 Å². The van der Waals surface area contributed by atoms with E-state index in [1.165, 1.54) is 15.8 Å². The fourth-order valence-corrected chi connectivity index (χ4v) is 4.46. The van der Waals surface area contributed by atoms with Crippen LogP contribution in [0.15, 0.2) is 12.5 Å². The number of hydrogen-bond acceptors (Lipinski definition) is 10. The second kappa shape index (κ2) is 8.67. The first kappa shape index (κ1) is 21.7. The Balaban J connectivity index is 1.63. The lowest BCUT2D eigenvalue weighted by Crippen LogP contribution is -2.33. The number of nitrogens with one attached hydrogen (secondary N) is 2. The Morgan fingerprint density at radius 3 is 2.79 bits per heavy atom. The minimum absolute atomic E-state index is 0.242. The van der Waals surface area contributed by atoms with Gasteiger partial charge in [0.05, 0.1) is 18.6 Å². The number of aromatic nitrogens is 6. The molecule has 1 saturated heterocycles. The zero-order valence-electron chi connectivity index (χ0n) is 18.0. The molecule has 33 heavy (non-hydrogen) atoms. The predicted molar refractivity (Wildman–Crippen MR) is 116 cm³/mol. The summed E-state index contributed by atoms with van der Waals surface area (Å²) in [5.41, 5.74) is 1.70. The van der Waals surface area contributed by atoms with Crippen molar-refractivity contribution < 1.29 is 24.9 Å². The average Bonchev–Trinajstić information content (AvgIpc) is 3.61. The molecule has 176 valence electrons. The molecule has 2 aliphatic rings. The van der Waals surface area contributed by atoms with E-state index in [2.05, 4.69) is 30.5 Å². The van der Waals surface area contributed by atoms with Crippen LogP contribution in [0.5, 0.6) is 0 Å². The van der Waals surface area contributed by atoms with Gasteiger partial charge in [0.1, 0.15) is 18.3 Å². The summed E-state index contributed by atoms with van der Waals surface area (Å²) < 4.78 is 7.20. The van der Waals surface area contributed by atoms with E-state index in [1.54, 1.807) is 13.2 Å². The van der Waals surface area contributed by atoms with Gasteiger partial charge in [0.15, 0.2) is 34.7 Å². The largest absolute Gasteiger partial charge is 0.394 e. The molecule has 13 heteroatoms. The van der Waals surface area contributed by atoms with Crippen molar-refractivity contribution in [2.75, 3.05) is 23.9 Å². The number of carbonyl (C=O) groups excluding carboxylic acids is 1. The number of aliphatic hydroxyl groups is 3. The van der Waals surface area contributed by atoms with Crippen LogP contribution in [0.3, 0.4) is 0 Å². The quantitative estimate of drug-likeness (QED) is 0.298. The molecule has 1 unspecified atom stereocenters. The molecular formula is C20H26N8O5. The Bertz CT molecular complexity index is 1140. The number of fused-ring (bicyclic) bond motifs is 1. The maximum atomic E-state index is 11.3. The van der Waals surface area contributed by atoms with Gasteiger partial charge in [-0.2, -0.15) is 5.10 Å². The SMILES string of the molecule is CN(C=O)c1c[nH]nc1-c1nc(NC2CCCC2)c2ncn(C3O[C@H](CO)[C@@H](O)[C@H]3O)c2n1. The second-order valence-electron chi connectivity index (χ2n) is 8.41. The van der Waals surface area contributed by atoms with Gasteiger partial charge >= 0.3 is 0 Å². The van der Waals surface area contributed by atoms with Gasteiger partial charge in [0.25, 0.3) is 0 Å². The highest BCUT2D eigenvalue weighted by Gasteiger charge is 2.44. The third-order valence-corrected chi connectivity index (χ3v) is 6.28. The standard InChI is InChI=1S/C20H26N8O5/c1-27(9-30)11-6-22-26-13(11)17-24-18(23-10-4-2-3-5-10)14-19(25-17)28(8-21-14)20-16(32)15(31)12(7-29)33-20/h6,8-10,12,15-16,20,29,31-32H,2-5,7H2,1H3,(H,22,26)(H,23,24,25)/t12-,15-,16-,20?/m1/s1. The van der Waals surface area contributed by atoms with Gasteiger partial charge in [-0.3, -0.25) is 14.5 Å². The summed E-state index contributed by atoms with van der Waals surface area (Å²) in [6.45, 7) is -0.440. The fourth-order valence-electron chi connectivity index (χ4n) is 4.46. The Morgan fingerprint density at radius 2 is 2.09 bits per heavy atom. The van der Waals surface area contributed by atoms with Gasteiger partial charge in [0.2, 0.25) is 6.41 Å². The summed E-state index contributed by atoms with van der Waals surface area (Å²) in [4.78, 5) is 26.5. The number of carbonyl (C=O) groups is 1. The molecule has 0 radical (unpaired) electrons. The van der Waals surface area contributed by atoms with Crippen LogP contribution in [0.25, 0.3) is 22.7 Å². The molecule has 3 aromatic rings. The van der Waals surface area contributed by atoms with Crippen molar-refractivity contribution in [2.24, 2.45) is 0 Å². The number of H-pyrrole nitrogens is 1. The van der Waals surface area contributed by atoms with Crippen molar-refractivity contribution in [2.45, 2.75) is 56.3 Å². The molecule has 0 spiro atoms. The zero-order chi connectivity index (χ0) is 23.1. The van der Waals surface area contributed by atoms with Crippen LogP contribution in [0.1, 0.15) is 31.9 Å². The number of anilines is 2. The lowest BCUT2D eigenvalue weighted by Gasteiger charge is -2.18. The minimum atomic E-state index is -1.29. The molecule has 13 nitrogen and oxygen atoms in total. The number of imidazole rings is 1. The molecule has 1 aliphatic carbocycles. The highest BCUT2D eigenvalue weighted by Crippen LogP contribution is 2.35. The predicted octanol–water partition coefficient (Wildman–Crippen LogP) is -0.225. The smallest absolute Gasteiger partial charge is 0.213 e. The molecule has 0 bridgehead atoms. The summed E-state index contributed by atoms with van der Waals surface area (Å²) >= 11 is 0. The fraction of sp³-hybridized carbons (Fsp3) is 0.550. The topological polar surface area (TPSA) is 175 Å². The van der Waals surface area contributed by atoms with Crippen molar-refractivity contribution in [3.05, 3.63) is 12.5 Å². The monoisotopic (exact) mass is 458 g/mol. The Hall–Kier alpha value is -3.13. The Labute approximate surface area is 188 Å². The van der Waals surface area contributed by atoms with E-state index >= 15 is 0 Å². The van der Waals surface area contributed by atoms with Gasteiger partial charge in [-0.05, 0) is 12.8 Å². The lowest BCUT2D eigenvalue weighted by molar-refractivity contribution is -0.107. The molecule has 1 amide bonds. The first-order chi connectivity index (χ1) is 16.0. The number of hydrogen-bond donors (Lipinski definition) is 5. The molecule has 1 saturated carbocycles. The van der Waals surface area contributed by atoms with Crippen molar-refractivity contribution in [1.29, 1.82) is 0 Å². The maximum absolute atomic E-state index is 11.3. The van der Waals surface area contributed by atoms with E-state index in [0.29, 0.717) is 34.8 Å². The van der Waals surface area contributed by atoms with Crippen LogP contribution in [-0.2, 0) is 9.53 Å². The summed E-state index contributed by atoms with van der Waals surface area (Å²) in [7, 11) is 1.60. The van der Waals surface area contributed by atoms with Gasteiger partial charge in [0, 0.05) is 19.3 Å². The van der Waals surface area contributed by atoms with Crippen molar-refractivity contribution in [3.8, 4) is 11.5 Å². The summed E-state index contributed by atoms with van der Waals surface area (Å²) in [6.07, 6.45) is 3.51. The number of ether oxygens (including phenoxy) is 1. The number of nitrogens with zero attached hydrogens (tertiary/aromatic N) is 6. The molecule has 1 aliphatic heterocycles. The van der Waals surface area contributed by atoms with Crippen LogP contribution < -0.4 is 10.2 Å². The molecule has 2 fully saturated rings. The highest BCUT2D eigenvalue weighted by molar-refractivity contribution is 5.88. The van der Waals surface area contributed by atoms with Gasteiger partial charge in [-0.15, -0.1) is 0 Å². The number of aromatic amines is 1. The van der Waals surface area contributed by atoms with E-state index in [9.17, 15) is 20.1 Å². The molecule has 5 rings (SSSR count). The van der Waals surface area contributed by atoms with Crippen molar-refractivity contribution in [1.82, 2.24) is 29.7 Å². The van der Waals surface area contributed by atoms with Crippen LogP contribution >= 0.6 is 0 Å². The maximum Gasteiger partial charge on any atom is 0.213 e. The van der Waals surface area contributed by atoms with Crippen molar-refractivity contribution in [3.63, 3.8) is 0 Å². The molecular weight excluding hydrogens is 432 g/mol. The molecule has 5 N–H and O–H groups in total. The number of amides is 1. The van der Waals surface area contributed by atoms with Crippen LogP contribution in [-0.4, -0.2) is 89.5 Å². The van der Waals surface area contributed by atoms with E-state index in [4.69, 9.17) is 4.74 Å². The van der Waals surface area contributed by atoms with Crippen LogP contribution in [0.2, 0.25) is 0 Å². The third-order valence-electron chi connectivity index (χ3n) is 6.28. The van der Waals surface area contributed by atoms with E-state index in [-0.39, 0.29) is 11.9 Å². The summed E-state index contributed by atoms with van der Waals surface area (Å²) in [6, 6.07) is 0.242. The first-order valence-electron chi connectivity index (χ1n) is 10.9. The van der Waals surface area contributed by atoms with E-state index < -0.39 is 31.1 Å². The van der Waals surface area contributed by atoms with E-state index in [0.717, 1.165) is 25.7 Å². The number of rotatable bonds is 7. The van der Waals surface area contributed by atoms with Gasteiger partial charge < -0.3 is 30.3 Å². The normalized spacial score (nSPS) is 25.7. The third kappa shape index (κ3) is 3.72. The molecule has 4 atom stereocenters. The summed E-state index contributed by atoms with van der Waals surface area (Å²) in [5, 5.41) is 40.6. The average molecular weight is 458 g/mol. The first-order valence-corrected chi connectivity index (χ1v) is 10.9. The summed E-state index contributed by atoms with van der Waals surface area (Å²) in [5.74, 6) is 0.761. The molecule has 3 aromatic heterocycles. The lowest BCUT2D eigenvalue weighted by atomic mass is 10.1. The minimum Gasteiger partial charge on any atom is -0.394 e. The van der Waals surface area contributed by atoms with E-state index in [1.807, 2.05) is 0 Å². The van der Waals surface area contributed by atoms with Gasteiger partial charge in [-0.1, -0.05) is 12.8 Å². The van der Waals surface area contributed by atoms with Crippen LogP contribution in [0, 0.1) is 0 Å².